The molecule has 2 aromatic heterocycles. The van der Waals surface area contributed by atoms with Gasteiger partial charge < -0.3 is 9.64 Å². The third-order valence-corrected chi connectivity index (χ3v) is 6.95. The molecule has 1 amide bonds. The second-order valence-electron chi connectivity index (χ2n) is 7.94. The van der Waals surface area contributed by atoms with Crippen molar-refractivity contribution in [3.8, 4) is 0 Å². The molecular formula is C26H26BrN3O3S. The zero-order valence-corrected chi connectivity index (χ0v) is 21.3. The smallest absolute Gasteiger partial charge is 0.262 e. The molecule has 2 heterocycles. The summed E-state index contributed by atoms with van der Waals surface area (Å²) in [5.74, 6) is 0.708. The lowest BCUT2D eigenvalue weighted by Gasteiger charge is -2.23. The number of amides is 1. The van der Waals surface area contributed by atoms with E-state index in [1.165, 1.54) is 11.3 Å². The van der Waals surface area contributed by atoms with Crippen LogP contribution in [0.1, 0.15) is 28.2 Å². The molecule has 0 atom stereocenters. The highest BCUT2D eigenvalue weighted by molar-refractivity contribution is 9.10. The normalized spacial score (nSPS) is 11.1. The quantitative estimate of drug-likeness (QED) is 0.284. The fraction of sp³-hybridized carbons (Fsp3) is 0.269. The van der Waals surface area contributed by atoms with Gasteiger partial charge in [0.2, 0.25) is 0 Å². The predicted octanol–water partition coefficient (Wildman–Crippen LogP) is 4.99. The number of benzene rings is 2. The van der Waals surface area contributed by atoms with E-state index >= 15 is 0 Å². The summed E-state index contributed by atoms with van der Waals surface area (Å²) in [5, 5.41) is 2.55. The molecule has 0 radical (unpaired) electrons. The zero-order valence-electron chi connectivity index (χ0n) is 18.9. The summed E-state index contributed by atoms with van der Waals surface area (Å²) >= 11 is 4.89. The van der Waals surface area contributed by atoms with Crippen LogP contribution in [0.15, 0.2) is 75.3 Å². The maximum atomic E-state index is 13.2. The molecule has 4 aromatic rings. The van der Waals surface area contributed by atoms with Crippen molar-refractivity contribution in [3.05, 3.63) is 97.8 Å². The van der Waals surface area contributed by atoms with Crippen LogP contribution in [0.25, 0.3) is 10.2 Å². The number of hydrogen-bond donors (Lipinski definition) is 0. The minimum atomic E-state index is -0.0344. The highest BCUT2D eigenvalue weighted by Gasteiger charge is 2.17. The Morgan fingerprint density at radius 2 is 1.85 bits per heavy atom. The molecule has 0 spiro atoms. The Hall–Kier alpha value is -2.81. The molecule has 0 saturated carbocycles. The van der Waals surface area contributed by atoms with Crippen LogP contribution in [0.5, 0.6) is 0 Å². The molecule has 0 aliphatic heterocycles. The van der Waals surface area contributed by atoms with E-state index in [2.05, 4.69) is 15.9 Å². The number of nitrogens with zero attached hydrogens (tertiary/aromatic N) is 3. The van der Waals surface area contributed by atoms with Gasteiger partial charge in [0.1, 0.15) is 10.7 Å². The first-order valence-electron chi connectivity index (χ1n) is 11.1. The largest absolute Gasteiger partial charge is 0.383 e. The predicted molar refractivity (Wildman–Crippen MR) is 140 cm³/mol. The molecule has 0 N–H and O–H groups in total. The second-order valence-corrected chi connectivity index (χ2v) is 9.75. The number of aromatic nitrogens is 2. The van der Waals surface area contributed by atoms with E-state index in [4.69, 9.17) is 9.72 Å². The number of carbonyl (C=O) groups excluding carboxylic acids is 1. The molecule has 6 nitrogen and oxygen atoms in total. The number of methoxy groups -OCH3 is 1. The summed E-state index contributed by atoms with van der Waals surface area (Å²) in [6.45, 7) is 1.97. The minimum Gasteiger partial charge on any atom is -0.383 e. The van der Waals surface area contributed by atoms with Gasteiger partial charge in [0, 0.05) is 36.7 Å². The molecule has 0 unspecified atom stereocenters. The van der Waals surface area contributed by atoms with Gasteiger partial charge in [-0.3, -0.25) is 14.2 Å². The van der Waals surface area contributed by atoms with Crippen LogP contribution in [-0.4, -0.2) is 47.2 Å². The number of halogens is 1. The molecule has 2 aromatic carbocycles. The molecular weight excluding hydrogens is 514 g/mol. The van der Waals surface area contributed by atoms with E-state index < -0.39 is 0 Å². The molecule has 0 saturated heterocycles. The van der Waals surface area contributed by atoms with Gasteiger partial charge in [-0.05, 0) is 47.7 Å². The van der Waals surface area contributed by atoms with Crippen molar-refractivity contribution < 1.29 is 9.53 Å². The van der Waals surface area contributed by atoms with Crippen molar-refractivity contribution in [1.29, 1.82) is 0 Å². The Labute approximate surface area is 211 Å². The van der Waals surface area contributed by atoms with Gasteiger partial charge in [-0.15, -0.1) is 11.3 Å². The van der Waals surface area contributed by atoms with Crippen LogP contribution >= 0.6 is 27.3 Å². The van der Waals surface area contributed by atoms with Crippen molar-refractivity contribution in [2.75, 3.05) is 26.8 Å². The maximum Gasteiger partial charge on any atom is 0.262 e. The first-order chi connectivity index (χ1) is 16.6. The van der Waals surface area contributed by atoms with Crippen molar-refractivity contribution >= 4 is 43.4 Å². The fourth-order valence-corrected chi connectivity index (χ4v) is 4.87. The number of carbonyl (C=O) groups is 1. The van der Waals surface area contributed by atoms with Crippen molar-refractivity contribution in [3.63, 3.8) is 0 Å². The Kier molecular flexibility index (Phi) is 8.26. The van der Waals surface area contributed by atoms with E-state index in [1.807, 2.05) is 66.0 Å². The number of thiophene rings is 1. The summed E-state index contributed by atoms with van der Waals surface area (Å²) in [7, 11) is 1.63. The summed E-state index contributed by atoms with van der Waals surface area (Å²) in [5.41, 5.74) is 1.67. The molecule has 34 heavy (non-hydrogen) atoms. The van der Waals surface area contributed by atoms with Gasteiger partial charge in [0.05, 0.1) is 18.5 Å². The third-order valence-electron chi connectivity index (χ3n) is 5.62. The number of fused-ring (bicyclic) bond motifs is 1. The molecule has 176 valence electrons. The number of hydrogen-bond acceptors (Lipinski definition) is 5. The summed E-state index contributed by atoms with van der Waals surface area (Å²) in [4.78, 5) is 33.7. The monoisotopic (exact) mass is 539 g/mol. The van der Waals surface area contributed by atoms with Crippen molar-refractivity contribution in [1.82, 2.24) is 14.5 Å². The lowest BCUT2D eigenvalue weighted by Crippen LogP contribution is -2.35. The lowest BCUT2D eigenvalue weighted by atomic mass is 10.1. The van der Waals surface area contributed by atoms with Crippen LogP contribution in [0, 0.1) is 0 Å². The lowest BCUT2D eigenvalue weighted by molar-refractivity contribution is 0.0693. The van der Waals surface area contributed by atoms with E-state index in [-0.39, 0.29) is 11.5 Å². The zero-order chi connectivity index (χ0) is 23.9. The van der Waals surface area contributed by atoms with Gasteiger partial charge >= 0.3 is 0 Å². The van der Waals surface area contributed by atoms with Gasteiger partial charge in [0.15, 0.2) is 0 Å². The van der Waals surface area contributed by atoms with E-state index in [9.17, 15) is 9.59 Å². The van der Waals surface area contributed by atoms with Crippen LogP contribution < -0.4 is 5.56 Å². The number of rotatable bonds is 10. The highest BCUT2D eigenvalue weighted by Crippen LogP contribution is 2.18. The van der Waals surface area contributed by atoms with E-state index in [0.29, 0.717) is 50.0 Å². The highest BCUT2D eigenvalue weighted by atomic mass is 79.9. The molecule has 0 aliphatic carbocycles. The molecule has 0 fully saturated rings. The Morgan fingerprint density at radius 3 is 2.59 bits per heavy atom. The maximum absolute atomic E-state index is 13.2. The first kappa shape index (κ1) is 24.3. The van der Waals surface area contributed by atoms with Crippen LogP contribution in [-0.2, 0) is 17.7 Å². The van der Waals surface area contributed by atoms with E-state index in [0.717, 1.165) is 20.7 Å². The van der Waals surface area contributed by atoms with Gasteiger partial charge in [-0.1, -0.05) is 46.3 Å². The molecule has 4 rings (SSSR count). The number of ether oxygens (including phenoxy) is 1. The van der Waals surface area contributed by atoms with Gasteiger partial charge in [-0.25, -0.2) is 4.98 Å². The second kappa shape index (κ2) is 11.6. The summed E-state index contributed by atoms with van der Waals surface area (Å²) in [6, 6.07) is 19.1. The minimum absolute atomic E-state index is 0.0210. The SMILES string of the molecule is COCCN(CCCc1nc2sccc2c(=O)n1Cc1ccccc1)C(=O)c1ccc(Br)cc1. The van der Waals surface area contributed by atoms with Crippen LogP contribution in [0.2, 0.25) is 0 Å². The van der Waals surface area contributed by atoms with Crippen LogP contribution in [0.3, 0.4) is 0 Å². The van der Waals surface area contributed by atoms with Crippen LogP contribution in [0.4, 0.5) is 0 Å². The molecule has 0 aliphatic rings. The first-order valence-corrected chi connectivity index (χ1v) is 12.8. The summed E-state index contributed by atoms with van der Waals surface area (Å²) in [6.07, 6.45) is 1.27. The average Bonchev–Trinajstić information content (AvgIpc) is 3.33. The topological polar surface area (TPSA) is 64.4 Å². The van der Waals surface area contributed by atoms with Gasteiger partial charge in [-0.2, -0.15) is 0 Å². The fourth-order valence-electron chi connectivity index (χ4n) is 3.83. The third kappa shape index (κ3) is 5.81. The number of aryl methyl sites for hydroxylation is 1. The van der Waals surface area contributed by atoms with Crippen molar-refractivity contribution in [2.24, 2.45) is 0 Å². The molecule has 8 heteroatoms. The molecule has 0 bridgehead atoms. The van der Waals surface area contributed by atoms with E-state index in [1.54, 1.807) is 16.6 Å². The van der Waals surface area contributed by atoms with Crippen molar-refractivity contribution in [2.45, 2.75) is 19.4 Å². The van der Waals surface area contributed by atoms with Gasteiger partial charge in [0.25, 0.3) is 11.5 Å². The Morgan fingerprint density at radius 1 is 1.09 bits per heavy atom. The standard InChI is InChI=1S/C26H26BrN3O3S/c1-33-16-15-29(25(31)20-9-11-21(27)12-10-20)14-5-8-23-28-24-22(13-17-34-24)26(32)30(23)18-19-6-3-2-4-7-19/h2-4,6-7,9-13,17H,5,8,14-16,18H2,1H3. The average molecular weight is 540 g/mol. The Balaban J connectivity index is 1.54. The summed E-state index contributed by atoms with van der Waals surface area (Å²) < 4.78 is 7.92. The Bertz CT molecular complexity index is 1300.